The quantitative estimate of drug-likeness (QED) is 0.406. The highest BCUT2D eigenvalue weighted by atomic mass is 16.3. The number of benzene rings is 1. The molecule has 5 N–H and O–H groups in total. The molecule has 1 aromatic carbocycles. The van der Waals surface area contributed by atoms with Crippen molar-refractivity contribution in [3.63, 3.8) is 0 Å². The van der Waals surface area contributed by atoms with Crippen molar-refractivity contribution in [3.8, 4) is 11.5 Å². The van der Waals surface area contributed by atoms with Crippen molar-refractivity contribution in [2.75, 3.05) is 0 Å². The van der Waals surface area contributed by atoms with Crippen LogP contribution in [0.5, 0.6) is 11.5 Å². The highest BCUT2D eigenvalue weighted by Crippen LogP contribution is 2.36. The third-order valence-corrected chi connectivity index (χ3v) is 5.47. The molecule has 2 rings (SSSR count). The summed E-state index contributed by atoms with van der Waals surface area (Å²) >= 11 is 0. The Hall–Kier alpha value is -2.31. The Bertz CT molecular complexity index is 818. The number of phenolic OH excluding ortho intramolecular Hbond substituents is 2. The zero-order valence-electron chi connectivity index (χ0n) is 17.7. The maximum Gasteiger partial charge on any atom is 0.252 e. The molecule has 0 spiro atoms. The molecular weight excluding hydrogens is 370 g/mol. The predicted molar refractivity (Wildman–Crippen MR) is 113 cm³/mol. The molecule has 6 nitrogen and oxygen atoms in total. The fourth-order valence-corrected chi connectivity index (χ4v) is 3.33. The summed E-state index contributed by atoms with van der Waals surface area (Å²) in [7, 11) is 0. The van der Waals surface area contributed by atoms with Crippen LogP contribution in [0.15, 0.2) is 29.4 Å². The first kappa shape index (κ1) is 23.0. The zero-order valence-corrected chi connectivity index (χ0v) is 17.7. The lowest BCUT2D eigenvalue weighted by Gasteiger charge is -2.24. The summed E-state index contributed by atoms with van der Waals surface area (Å²) in [5.74, 6) is -0.354. The van der Waals surface area contributed by atoms with Gasteiger partial charge in [0.2, 0.25) is 0 Å². The average molecular weight is 404 g/mol. The van der Waals surface area contributed by atoms with Gasteiger partial charge in [0.25, 0.3) is 5.91 Å². The van der Waals surface area contributed by atoms with E-state index in [0.29, 0.717) is 29.5 Å². The maximum absolute atomic E-state index is 11.7. The molecule has 0 fully saturated rings. The van der Waals surface area contributed by atoms with Gasteiger partial charge < -0.3 is 25.7 Å². The minimum atomic E-state index is -1.09. The van der Waals surface area contributed by atoms with E-state index in [0.717, 1.165) is 24.8 Å². The number of amides is 1. The van der Waals surface area contributed by atoms with Crippen molar-refractivity contribution in [2.45, 2.75) is 78.0 Å². The first-order valence-corrected chi connectivity index (χ1v) is 10.1. The van der Waals surface area contributed by atoms with E-state index < -0.39 is 11.7 Å². The Labute approximate surface area is 172 Å². The SMILES string of the molecule is CC(=CCc1c(O)cc2c(c1O)CNC2=O)CCC=C(C)CCC(O)C(C)(C)O. The third-order valence-electron chi connectivity index (χ3n) is 5.47. The molecule has 6 heteroatoms. The van der Waals surface area contributed by atoms with E-state index in [1.807, 2.05) is 19.9 Å². The van der Waals surface area contributed by atoms with Gasteiger partial charge in [0.15, 0.2) is 0 Å². The second kappa shape index (κ2) is 9.46. The number of phenols is 2. The molecule has 0 saturated carbocycles. The number of rotatable bonds is 9. The monoisotopic (exact) mass is 403 g/mol. The van der Waals surface area contributed by atoms with E-state index in [1.165, 1.54) is 11.6 Å². The molecule has 1 amide bonds. The molecule has 1 heterocycles. The third kappa shape index (κ3) is 6.08. The van der Waals surface area contributed by atoms with Crippen LogP contribution in [0, 0.1) is 0 Å². The Morgan fingerprint density at radius 3 is 2.52 bits per heavy atom. The highest BCUT2D eigenvalue weighted by Gasteiger charge is 2.26. The molecule has 0 aromatic heterocycles. The van der Waals surface area contributed by atoms with Gasteiger partial charge >= 0.3 is 0 Å². The van der Waals surface area contributed by atoms with Gasteiger partial charge in [0.05, 0.1) is 17.3 Å². The minimum Gasteiger partial charge on any atom is -0.507 e. The van der Waals surface area contributed by atoms with Gasteiger partial charge in [-0.2, -0.15) is 0 Å². The molecule has 160 valence electrons. The first-order valence-electron chi connectivity index (χ1n) is 10.1. The number of allylic oxidation sites excluding steroid dienone is 4. The number of fused-ring (bicyclic) bond motifs is 1. The number of nitrogens with one attached hydrogen (secondary N) is 1. The van der Waals surface area contributed by atoms with Crippen LogP contribution < -0.4 is 5.32 Å². The van der Waals surface area contributed by atoms with Crippen LogP contribution in [0.3, 0.4) is 0 Å². The van der Waals surface area contributed by atoms with E-state index >= 15 is 0 Å². The largest absolute Gasteiger partial charge is 0.507 e. The van der Waals surface area contributed by atoms with Gasteiger partial charge in [0, 0.05) is 17.7 Å². The second-order valence-electron chi connectivity index (χ2n) is 8.48. The van der Waals surface area contributed by atoms with E-state index in [2.05, 4.69) is 11.4 Å². The summed E-state index contributed by atoms with van der Waals surface area (Å²) in [6.07, 6.45) is 6.72. The molecule has 0 saturated heterocycles. The molecule has 0 bridgehead atoms. The van der Waals surface area contributed by atoms with Crippen molar-refractivity contribution in [3.05, 3.63) is 46.1 Å². The molecule has 29 heavy (non-hydrogen) atoms. The van der Waals surface area contributed by atoms with E-state index in [1.54, 1.807) is 13.8 Å². The lowest BCUT2D eigenvalue weighted by atomic mass is 9.95. The average Bonchev–Trinajstić information content (AvgIpc) is 2.99. The van der Waals surface area contributed by atoms with Crippen LogP contribution >= 0.6 is 0 Å². The number of hydrogen-bond acceptors (Lipinski definition) is 5. The fraction of sp³-hybridized carbons (Fsp3) is 0.522. The summed E-state index contributed by atoms with van der Waals surface area (Å²) in [5.41, 5.74) is 2.54. The Balaban J connectivity index is 1.89. The maximum atomic E-state index is 11.7. The second-order valence-corrected chi connectivity index (χ2v) is 8.48. The van der Waals surface area contributed by atoms with Crippen LogP contribution in [0.1, 0.15) is 74.9 Å². The van der Waals surface area contributed by atoms with Crippen molar-refractivity contribution < 1.29 is 25.2 Å². The lowest BCUT2D eigenvalue weighted by Crippen LogP contribution is -2.35. The minimum absolute atomic E-state index is 0.0106. The molecular formula is C23H33NO5. The number of aliphatic hydroxyl groups is 2. The van der Waals surface area contributed by atoms with Crippen molar-refractivity contribution in [1.29, 1.82) is 0 Å². The standard InChI is InChI=1S/C23H33NO5/c1-14(6-5-7-15(2)9-11-20(26)23(3,4)29)8-10-16-19(25)12-17-18(21(16)27)13-24-22(17)28/h7-8,12,20,25-27,29H,5-6,9-11,13H2,1-4H3,(H,24,28). The zero-order chi connectivity index (χ0) is 21.8. The van der Waals surface area contributed by atoms with Crippen LogP contribution in [-0.2, 0) is 13.0 Å². The summed E-state index contributed by atoms with van der Waals surface area (Å²) < 4.78 is 0. The predicted octanol–water partition coefficient (Wildman–Crippen LogP) is 3.47. The van der Waals surface area contributed by atoms with Crippen molar-refractivity contribution >= 4 is 5.91 Å². The summed E-state index contributed by atoms with van der Waals surface area (Å²) in [6.45, 7) is 7.52. The van der Waals surface area contributed by atoms with Crippen molar-refractivity contribution in [1.82, 2.24) is 5.32 Å². The van der Waals surface area contributed by atoms with Crippen LogP contribution in [-0.4, -0.2) is 38.0 Å². The first-order chi connectivity index (χ1) is 13.5. The molecule has 1 unspecified atom stereocenters. The fourth-order valence-electron chi connectivity index (χ4n) is 3.33. The number of carbonyl (C=O) groups is 1. The van der Waals surface area contributed by atoms with Gasteiger partial charge in [-0.25, -0.2) is 0 Å². The van der Waals surface area contributed by atoms with Crippen LogP contribution in [0.4, 0.5) is 0 Å². The van der Waals surface area contributed by atoms with Gasteiger partial charge in [0.1, 0.15) is 11.5 Å². The number of hydrogen-bond donors (Lipinski definition) is 5. The van der Waals surface area contributed by atoms with Gasteiger partial charge in [-0.15, -0.1) is 0 Å². The summed E-state index contributed by atoms with van der Waals surface area (Å²) in [4.78, 5) is 11.7. The topological polar surface area (TPSA) is 110 Å². The number of aliphatic hydroxyl groups excluding tert-OH is 1. The summed E-state index contributed by atoms with van der Waals surface area (Å²) in [6, 6.07) is 1.42. The molecule has 0 radical (unpaired) electrons. The lowest BCUT2D eigenvalue weighted by molar-refractivity contribution is -0.0509. The normalized spacial score (nSPS) is 16.0. The Kier molecular flexibility index (Phi) is 7.49. The van der Waals surface area contributed by atoms with E-state index in [9.17, 15) is 25.2 Å². The number of carbonyl (C=O) groups excluding carboxylic acids is 1. The van der Waals surface area contributed by atoms with E-state index in [4.69, 9.17) is 0 Å². The van der Waals surface area contributed by atoms with Crippen molar-refractivity contribution in [2.24, 2.45) is 0 Å². The van der Waals surface area contributed by atoms with Gasteiger partial charge in [-0.05, 0) is 65.9 Å². The van der Waals surface area contributed by atoms with Crippen LogP contribution in [0.2, 0.25) is 0 Å². The smallest absolute Gasteiger partial charge is 0.252 e. The molecule has 1 aromatic rings. The highest BCUT2D eigenvalue weighted by molar-refractivity contribution is 5.99. The Morgan fingerprint density at radius 2 is 1.86 bits per heavy atom. The molecule has 1 aliphatic heterocycles. The molecule has 1 atom stereocenters. The van der Waals surface area contributed by atoms with E-state index in [-0.39, 0.29) is 24.0 Å². The van der Waals surface area contributed by atoms with Crippen LogP contribution in [0.25, 0.3) is 0 Å². The number of aromatic hydroxyl groups is 2. The molecule has 0 aliphatic carbocycles. The Morgan fingerprint density at radius 1 is 1.21 bits per heavy atom. The van der Waals surface area contributed by atoms with Gasteiger partial charge in [-0.1, -0.05) is 23.3 Å². The van der Waals surface area contributed by atoms with Gasteiger partial charge in [-0.3, -0.25) is 4.79 Å². The summed E-state index contributed by atoms with van der Waals surface area (Å²) in [5, 5.41) is 42.9. The molecule has 1 aliphatic rings.